The monoisotopic (exact) mass is 274 g/mol. The maximum atomic E-state index is 12.2. The Morgan fingerprint density at radius 3 is 2.75 bits per heavy atom. The summed E-state index contributed by atoms with van der Waals surface area (Å²) in [5.41, 5.74) is 1.18. The molecule has 0 heterocycles. The van der Waals surface area contributed by atoms with E-state index in [2.05, 4.69) is 22.1 Å². The fourth-order valence-electron chi connectivity index (χ4n) is 1.75. The molecule has 1 rings (SSSR count). The molecule has 20 heavy (non-hydrogen) atoms. The van der Waals surface area contributed by atoms with Crippen molar-refractivity contribution in [1.82, 2.24) is 10.2 Å². The van der Waals surface area contributed by atoms with Crippen molar-refractivity contribution >= 4 is 5.91 Å². The first kappa shape index (κ1) is 16.2. The summed E-state index contributed by atoms with van der Waals surface area (Å²) in [5.74, 6) is 5.24. The fourth-order valence-corrected chi connectivity index (χ4v) is 1.75. The summed E-state index contributed by atoms with van der Waals surface area (Å²) in [6.45, 7) is 2.70. The Bertz CT molecular complexity index is 501. The lowest BCUT2D eigenvalue weighted by molar-refractivity contribution is 0.0936. The Morgan fingerprint density at radius 1 is 1.40 bits per heavy atom. The van der Waals surface area contributed by atoms with Gasteiger partial charge in [-0.05, 0) is 46.1 Å². The van der Waals surface area contributed by atoms with Crippen molar-refractivity contribution in [3.63, 3.8) is 0 Å². The third-order valence-electron chi connectivity index (χ3n) is 2.86. The topological polar surface area (TPSA) is 52.6 Å². The van der Waals surface area contributed by atoms with Gasteiger partial charge in [0.25, 0.3) is 5.91 Å². The van der Waals surface area contributed by atoms with Crippen LogP contribution in [0.15, 0.2) is 24.3 Å². The van der Waals surface area contributed by atoms with Crippen molar-refractivity contribution in [2.45, 2.75) is 19.4 Å². The Kier molecular flexibility index (Phi) is 6.78. The Hall–Kier alpha value is -1.83. The molecule has 0 aliphatic rings. The highest BCUT2D eigenvalue weighted by molar-refractivity contribution is 5.96. The molecule has 1 aromatic rings. The van der Waals surface area contributed by atoms with Gasteiger partial charge >= 0.3 is 0 Å². The zero-order chi connectivity index (χ0) is 15.0. The van der Waals surface area contributed by atoms with Gasteiger partial charge in [0.1, 0.15) is 6.61 Å². The summed E-state index contributed by atoms with van der Waals surface area (Å²) < 4.78 is 0. The molecule has 4 heteroatoms. The van der Waals surface area contributed by atoms with Crippen LogP contribution in [-0.4, -0.2) is 49.2 Å². The molecule has 1 unspecified atom stereocenters. The Morgan fingerprint density at radius 2 is 2.10 bits per heavy atom. The van der Waals surface area contributed by atoms with Crippen LogP contribution < -0.4 is 5.32 Å². The first-order chi connectivity index (χ1) is 9.54. The smallest absolute Gasteiger partial charge is 0.252 e. The minimum Gasteiger partial charge on any atom is -0.384 e. The zero-order valence-corrected chi connectivity index (χ0v) is 12.3. The molecular weight excluding hydrogens is 252 g/mol. The van der Waals surface area contributed by atoms with E-state index in [9.17, 15) is 4.79 Å². The number of rotatable bonds is 5. The summed E-state index contributed by atoms with van der Waals surface area (Å²) in [7, 11) is 4.02. The predicted molar refractivity (Wildman–Crippen MR) is 80.5 cm³/mol. The molecule has 2 N–H and O–H groups in total. The van der Waals surface area contributed by atoms with E-state index < -0.39 is 0 Å². The van der Waals surface area contributed by atoms with Gasteiger partial charge < -0.3 is 15.3 Å². The van der Waals surface area contributed by atoms with Crippen molar-refractivity contribution in [1.29, 1.82) is 0 Å². The van der Waals surface area contributed by atoms with Crippen molar-refractivity contribution in [2.75, 3.05) is 27.2 Å². The van der Waals surface area contributed by atoms with Gasteiger partial charge in [0, 0.05) is 11.6 Å². The molecule has 0 aromatic heterocycles. The van der Waals surface area contributed by atoms with Crippen molar-refractivity contribution in [3.05, 3.63) is 35.4 Å². The average molecular weight is 274 g/mol. The van der Waals surface area contributed by atoms with E-state index in [1.807, 2.05) is 33.2 Å². The van der Waals surface area contributed by atoms with Crippen molar-refractivity contribution in [2.24, 2.45) is 0 Å². The molecule has 0 fully saturated rings. The minimum atomic E-state index is -0.213. The second-order valence-corrected chi connectivity index (χ2v) is 4.97. The lowest BCUT2D eigenvalue weighted by Gasteiger charge is -2.17. The molecule has 0 aliphatic heterocycles. The molecule has 0 saturated carbocycles. The Balaban J connectivity index is 2.72. The highest BCUT2D eigenvalue weighted by Gasteiger charge is 2.12. The largest absolute Gasteiger partial charge is 0.384 e. The Labute approximate surface area is 120 Å². The van der Waals surface area contributed by atoms with E-state index in [0.717, 1.165) is 13.0 Å². The molecule has 4 nitrogen and oxygen atoms in total. The second-order valence-electron chi connectivity index (χ2n) is 4.97. The first-order valence-electron chi connectivity index (χ1n) is 6.69. The summed E-state index contributed by atoms with van der Waals surface area (Å²) in [5, 5.41) is 11.7. The number of amides is 1. The summed E-state index contributed by atoms with van der Waals surface area (Å²) in [4.78, 5) is 14.3. The maximum absolute atomic E-state index is 12.2. The van der Waals surface area contributed by atoms with Gasteiger partial charge in [0.05, 0.1) is 5.56 Å². The highest BCUT2D eigenvalue weighted by Crippen LogP contribution is 2.08. The highest BCUT2D eigenvalue weighted by atomic mass is 16.2. The number of hydrogen-bond donors (Lipinski definition) is 2. The van der Waals surface area contributed by atoms with Crippen LogP contribution in [0.25, 0.3) is 0 Å². The van der Waals surface area contributed by atoms with E-state index in [-0.39, 0.29) is 18.6 Å². The third-order valence-corrected chi connectivity index (χ3v) is 2.86. The molecule has 1 aromatic carbocycles. The van der Waals surface area contributed by atoms with Crippen LogP contribution >= 0.6 is 0 Å². The minimum absolute atomic E-state index is 0.101. The molecule has 0 aliphatic carbocycles. The van der Waals surface area contributed by atoms with Gasteiger partial charge in [0.15, 0.2) is 0 Å². The summed E-state index contributed by atoms with van der Waals surface area (Å²) >= 11 is 0. The number of carbonyl (C=O) groups excluding carboxylic acids is 1. The molecule has 1 amide bonds. The molecule has 0 bridgehead atoms. The van der Waals surface area contributed by atoms with Gasteiger partial charge in [0.2, 0.25) is 0 Å². The fraction of sp³-hybridized carbons (Fsp3) is 0.438. The van der Waals surface area contributed by atoms with Crippen molar-refractivity contribution < 1.29 is 9.90 Å². The number of carbonyl (C=O) groups is 1. The van der Waals surface area contributed by atoms with E-state index in [0.29, 0.717) is 11.1 Å². The first-order valence-corrected chi connectivity index (χ1v) is 6.69. The molecule has 1 atom stereocenters. The van der Waals surface area contributed by atoms with E-state index >= 15 is 0 Å². The third kappa shape index (κ3) is 5.43. The van der Waals surface area contributed by atoms with Crippen LogP contribution in [0.5, 0.6) is 0 Å². The SMILES string of the molecule is CC(CCN(C)C)NC(=O)c1ccccc1C#CCO. The van der Waals surface area contributed by atoms with Gasteiger partial charge in [-0.1, -0.05) is 24.0 Å². The number of aliphatic hydroxyl groups excluding tert-OH is 1. The van der Waals surface area contributed by atoms with Gasteiger partial charge in [-0.2, -0.15) is 0 Å². The zero-order valence-electron chi connectivity index (χ0n) is 12.3. The second kappa shape index (κ2) is 8.36. The molecule has 0 saturated heterocycles. The number of hydrogen-bond acceptors (Lipinski definition) is 3. The van der Waals surface area contributed by atoms with Gasteiger partial charge in [-0.25, -0.2) is 0 Å². The normalized spacial score (nSPS) is 11.7. The number of benzene rings is 1. The van der Waals surface area contributed by atoms with E-state index in [1.165, 1.54) is 0 Å². The van der Waals surface area contributed by atoms with Gasteiger partial charge in [-0.15, -0.1) is 0 Å². The van der Waals surface area contributed by atoms with Crippen LogP contribution in [0.2, 0.25) is 0 Å². The van der Waals surface area contributed by atoms with Crippen LogP contribution in [0.3, 0.4) is 0 Å². The standard InChI is InChI=1S/C16H22N2O2/c1-13(10-11-18(2)3)17-16(20)15-9-5-4-7-14(15)8-6-12-19/h4-5,7,9,13,19H,10-12H2,1-3H3,(H,17,20). The quantitative estimate of drug-likeness (QED) is 0.791. The van der Waals surface area contributed by atoms with Gasteiger partial charge in [-0.3, -0.25) is 4.79 Å². The van der Waals surface area contributed by atoms with Crippen LogP contribution in [0.4, 0.5) is 0 Å². The molecule has 0 radical (unpaired) electrons. The maximum Gasteiger partial charge on any atom is 0.252 e. The van der Waals surface area contributed by atoms with E-state index in [4.69, 9.17) is 5.11 Å². The summed E-state index contributed by atoms with van der Waals surface area (Å²) in [6, 6.07) is 7.26. The number of nitrogens with zero attached hydrogens (tertiary/aromatic N) is 1. The lowest BCUT2D eigenvalue weighted by Crippen LogP contribution is -2.35. The number of aliphatic hydroxyl groups is 1. The lowest BCUT2D eigenvalue weighted by atomic mass is 10.1. The van der Waals surface area contributed by atoms with Crippen molar-refractivity contribution in [3.8, 4) is 11.8 Å². The van der Waals surface area contributed by atoms with E-state index in [1.54, 1.807) is 12.1 Å². The van der Waals surface area contributed by atoms with Crippen LogP contribution in [-0.2, 0) is 0 Å². The van der Waals surface area contributed by atoms with Crippen LogP contribution in [0.1, 0.15) is 29.3 Å². The van der Waals surface area contributed by atoms with Crippen LogP contribution in [0, 0.1) is 11.8 Å². The molecule has 108 valence electrons. The average Bonchev–Trinajstić information content (AvgIpc) is 2.43. The molecule has 0 spiro atoms. The predicted octanol–water partition coefficient (Wildman–Crippen LogP) is 1.10. The molecular formula is C16H22N2O2. The summed E-state index contributed by atoms with van der Waals surface area (Å²) in [6.07, 6.45) is 0.892. The number of nitrogens with one attached hydrogen (secondary N) is 1.